The quantitative estimate of drug-likeness (QED) is 0.175. The average molecular weight is 670 g/mol. The fourth-order valence-electron chi connectivity index (χ4n) is 7.45. The largest absolute Gasteiger partial charge is 0.456 e. The summed E-state index contributed by atoms with van der Waals surface area (Å²) in [6, 6.07) is 67.2. The van der Waals surface area contributed by atoms with Crippen LogP contribution in [0.1, 0.15) is 0 Å². The normalized spacial score (nSPS) is 11.5. The molecule has 240 valence electrons. The summed E-state index contributed by atoms with van der Waals surface area (Å²) in [5.41, 5.74) is 12.2. The Labute approximate surface area is 300 Å². The van der Waals surface area contributed by atoms with Crippen LogP contribution >= 0.6 is 11.3 Å². The maximum atomic E-state index is 6.53. The van der Waals surface area contributed by atoms with Crippen molar-refractivity contribution in [2.45, 2.75) is 0 Å². The van der Waals surface area contributed by atoms with Crippen molar-refractivity contribution in [3.05, 3.63) is 188 Å². The lowest BCUT2D eigenvalue weighted by Crippen LogP contribution is -2.10. The Morgan fingerprint density at radius 1 is 0.373 bits per heavy atom. The molecule has 51 heavy (non-hydrogen) atoms. The number of hydrogen-bond donors (Lipinski definition) is 0. The second-order valence-electron chi connectivity index (χ2n) is 12.9. The lowest BCUT2D eigenvalue weighted by Gasteiger charge is -2.26. The molecule has 2 aromatic heterocycles. The minimum absolute atomic E-state index is 0.905. The molecule has 0 unspecified atom stereocenters. The van der Waals surface area contributed by atoms with Crippen molar-refractivity contribution in [2.24, 2.45) is 0 Å². The lowest BCUT2D eigenvalue weighted by molar-refractivity contribution is 0.669. The maximum absolute atomic E-state index is 6.53. The summed E-state index contributed by atoms with van der Waals surface area (Å²) in [5.74, 6) is 0. The second-order valence-corrected chi connectivity index (χ2v) is 14.0. The van der Waals surface area contributed by atoms with Gasteiger partial charge in [-0.2, -0.15) is 0 Å². The van der Waals surface area contributed by atoms with Gasteiger partial charge in [0, 0.05) is 48.0 Å². The first-order valence-corrected chi connectivity index (χ1v) is 18.1. The molecule has 0 aliphatic rings. The number of benzene rings is 8. The highest BCUT2D eigenvalue weighted by molar-refractivity contribution is 7.26. The Kier molecular flexibility index (Phi) is 7.04. The monoisotopic (exact) mass is 669 g/mol. The zero-order valence-corrected chi connectivity index (χ0v) is 28.5. The van der Waals surface area contributed by atoms with Crippen LogP contribution in [-0.4, -0.2) is 0 Å². The number of hydrogen-bond acceptors (Lipinski definition) is 3. The number of furan rings is 1. The molecule has 3 heteroatoms. The summed E-state index contributed by atoms with van der Waals surface area (Å²) in [6.45, 7) is 0. The molecule has 10 rings (SSSR count). The molecular formula is C48H31NOS. The van der Waals surface area contributed by atoms with Gasteiger partial charge in [0.05, 0.1) is 0 Å². The van der Waals surface area contributed by atoms with Crippen molar-refractivity contribution in [1.82, 2.24) is 0 Å². The van der Waals surface area contributed by atoms with Gasteiger partial charge in [0.25, 0.3) is 0 Å². The van der Waals surface area contributed by atoms with Crippen LogP contribution in [0.25, 0.3) is 75.5 Å². The molecule has 0 N–H and O–H groups in total. The molecule has 10 aromatic rings. The van der Waals surface area contributed by atoms with E-state index in [1.54, 1.807) is 0 Å². The van der Waals surface area contributed by atoms with Gasteiger partial charge >= 0.3 is 0 Å². The van der Waals surface area contributed by atoms with Gasteiger partial charge in [-0.15, -0.1) is 11.3 Å². The van der Waals surface area contributed by atoms with Gasteiger partial charge in [0.2, 0.25) is 0 Å². The van der Waals surface area contributed by atoms with Crippen LogP contribution in [0.5, 0.6) is 0 Å². The summed E-state index contributed by atoms with van der Waals surface area (Å²) in [7, 11) is 0. The minimum Gasteiger partial charge on any atom is -0.456 e. The van der Waals surface area contributed by atoms with Crippen LogP contribution < -0.4 is 4.90 Å². The van der Waals surface area contributed by atoms with E-state index in [4.69, 9.17) is 4.42 Å². The van der Waals surface area contributed by atoms with Crippen LogP contribution in [0.2, 0.25) is 0 Å². The van der Waals surface area contributed by atoms with Gasteiger partial charge < -0.3 is 9.32 Å². The minimum atomic E-state index is 0.905. The smallest absolute Gasteiger partial charge is 0.136 e. The molecule has 2 heterocycles. The second kappa shape index (κ2) is 12.2. The van der Waals surface area contributed by atoms with Crippen LogP contribution in [-0.2, 0) is 0 Å². The lowest BCUT2D eigenvalue weighted by atomic mass is 9.98. The molecule has 8 aromatic carbocycles. The van der Waals surface area contributed by atoms with Crippen molar-refractivity contribution in [3.63, 3.8) is 0 Å². The number of nitrogens with zero attached hydrogens (tertiary/aromatic N) is 1. The maximum Gasteiger partial charge on any atom is 0.136 e. The molecule has 0 amide bonds. The summed E-state index contributed by atoms with van der Waals surface area (Å²) in [5, 5.41) is 4.92. The molecular weight excluding hydrogens is 639 g/mol. The third-order valence-corrected chi connectivity index (χ3v) is 11.1. The zero-order chi connectivity index (χ0) is 33.7. The summed E-state index contributed by atoms with van der Waals surface area (Å²) < 4.78 is 9.09. The first kappa shape index (κ1) is 29.5. The highest BCUT2D eigenvalue weighted by atomic mass is 32.1. The van der Waals surface area contributed by atoms with Crippen LogP contribution in [0.3, 0.4) is 0 Å². The predicted molar refractivity (Wildman–Crippen MR) is 218 cm³/mol. The Balaban J connectivity index is 1.13. The van der Waals surface area contributed by atoms with Crippen LogP contribution in [0, 0.1) is 0 Å². The Hall–Kier alpha value is -6.42. The molecule has 0 bridgehead atoms. The van der Waals surface area contributed by atoms with E-state index in [9.17, 15) is 0 Å². The number of rotatable bonds is 6. The van der Waals surface area contributed by atoms with E-state index in [-0.39, 0.29) is 0 Å². The topological polar surface area (TPSA) is 16.4 Å². The SMILES string of the molecule is c1ccc(-c2ccc(N(c3ccc(-c4ccccc4)cc3)c3cccc(-c4cccc5oc6ccc7c8ccccc8sc7c6c45)c3)cc2)cc1. The standard InChI is InChI=1S/C48H31NOS/c1-3-11-32(12-4-1)34-21-25-37(26-22-34)49(38-27-23-35(24-28-38)33-13-5-2-6-14-33)39-16-9-15-36(31-39)40-18-10-19-43-46(40)47-44(50-43)30-29-42-41-17-7-8-20-45(41)51-48(42)47/h1-31H. The van der Waals surface area contributed by atoms with E-state index < -0.39 is 0 Å². The van der Waals surface area contributed by atoms with E-state index in [1.165, 1.54) is 47.8 Å². The Morgan fingerprint density at radius 2 is 0.941 bits per heavy atom. The van der Waals surface area contributed by atoms with Crippen molar-refractivity contribution < 1.29 is 4.42 Å². The zero-order valence-electron chi connectivity index (χ0n) is 27.7. The molecule has 0 saturated heterocycles. The molecule has 0 saturated carbocycles. The van der Waals surface area contributed by atoms with E-state index in [0.717, 1.165) is 44.7 Å². The van der Waals surface area contributed by atoms with Crippen LogP contribution in [0.4, 0.5) is 17.1 Å². The van der Waals surface area contributed by atoms with E-state index in [2.05, 4.69) is 193 Å². The third-order valence-electron chi connectivity index (χ3n) is 9.89. The highest BCUT2D eigenvalue weighted by Gasteiger charge is 2.19. The highest BCUT2D eigenvalue weighted by Crippen LogP contribution is 2.46. The van der Waals surface area contributed by atoms with Crippen molar-refractivity contribution in [1.29, 1.82) is 0 Å². The van der Waals surface area contributed by atoms with Gasteiger partial charge in [-0.1, -0.05) is 127 Å². The summed E-state index contributed by atoms with van der Waals surface area (Å²) in [6.07, 6.45) is 0. The Morgan fingerprint density at radius 3 is 1.63 bits per heavy atom. The molecule has 0 spiro atoms. The van der Waals surface area contributed by atoms with E-state index in [1.807, 2.05) is 11.3 Å². The van der Waals surface area contributed by atoms with Gasteiger partial charge in [-0.25, -0.2) is 0 Å². The Bertz CT molecular complexity index is 2750. The van der Waals surface area contributed by atoms with Crippen molar-refractivity contribution in [3.8, 4) is 33.4 Å². The van der Waals surface area contributed by atoms with Gasteiger partial charge in [-0.3, -0.25) is 0 Å². The average Bonchev–Trinajstić information content (AvgIpc) is 3.78. The molecule has 0 radical (unpaired) electrons. The third kappa shape index (κ3) is 5.10. The van der Waals surface area contributed by atoms with Crippen LogP contribution in [0.15, 0.2) is 192 Å². The van der Waals surface area contributed by atoms with Crippen molar-refractivity contribution in [2.75, 3.05) is 4.90 Å². The fraction of sp³-hybridized carbons (Fsp3) is 0. The molecule has 0 atom stereocenters. The summed E-state index contributed by atoms with van der Waals surface area (Å²) in [4.78, 5) is 2.35. The fourth-order valence-corrected chi connectivity index (χ4v) is 8.70. The van der Waals surface area contributed by atoms with Gasteiger partial charge in [0.1, 0.15) is 11.2 Å². The molecule has 0 fully saturated rings. The predicted octanol–water partition coefficient (Wildman–Crippen LogP) is 14.4. The number of thiophene rings is 1. The van der Waals surface area contributed by atoms with E-state index >= 15 is 0 Å². The van der Waals surface area contributed by atoms with Gasteiger partial charge in [-0.05, 0) is 94.0 Å². The van der Waals surface area contributed by atoms with Crippen molar-refractivity contribution >= 4 is 70.5 Å². The van der Waals surface area contributed by atoms with Gasteiger partial charge in [0.15, 0.2) is 0 Å². The number of fused-ring (bicyclic) bond motifs is 7. The first-order valence-electron chi connectivity index (χ1n) is 17.3. The number of anilines is 3. The molecule has 0 aliphatic carbocycles. The molecule has 2 nitrogen and oxygen atoms in total. The summed E-state index contributed by atoms with van der Waals surface area (Å²) >= 11 is 1.85. The van der Waals surface area contributed by atoms with E-state index in [0.29, 0.717) is 0 Å². The molecule has 0 aliphatic heterocycles. The first-order chi connectivity index (χ1) is 25.3.